The fourth-order valence-electron chi connectivity index (χ4n) is 3.17. The average molecular weight is 309 g/mol. The third-order valence-electron chi connectivity index (χ3n) is 4.18. The minimum atomic E-state index is 0.385. The van der Waals surface area contributed by atoms with Gasteiger partial charge in [-0.1, -0.05) is 25.1 Å². The topological polar surface area (TPSA) is 21.3 Å². The Morgan fingerprint density at radius 1 is 1.30 bits per heavy atom. The van der Waals surface area contributed by atoms with Gasteiger partial charge < -0.3 is 10.1 Å². The van der Waals surface area contributed by atoms with E-state index in [2.05, 4.69) is 61.0 Å². The normalized spacial score (nSPS) is 27.5. The number of hydrogen-bond acceptors (Lipinski definition) is 4. The minimum Gasteiger partial charge on any atom is -0.493 e. The van der Waals surface area contributed by atoms with E-state index in [1.54, 1.807) is 0 Å². The average Bonchev–Trinajstić information content (AvgIpc) is 2.50. The van der Waals surface area contributed by atoms with Crippen LogP contribution in [0.4, 0.5) is 0 Å². The molecule has 0 radical (unpaired) electrons. The molecule has 3 rings (SSSR count). The summed E-state index contributed by atoms with van der Waals surface area (Å²) in [6, 6.07) is 7.05. The van der Waals surface area contributed by atoms with Gasteiger partial charge in [0.25, 0.3) is 0 Å². The highest BCUT2D eigenvalue weighted by atomic mass is 32.2. The highest BCUT2D eigenvalue weighted by molar-refractivity contribution is 8.07. The summed E-state index contributed by atoms with van der Waals surface area (Å²) in [7, 11) is 2.08. The van der Waals surface area contributed by atoms with Crippen LogP contribution in [-0.4, -0.2) is 35.7 Å². The maximum Gasteiger partial charge on any atom is 0.127 e. The third kappa shape index (κ3) is 2.83. The van der Waals surface area contributed by atoms with E-state index in [0.717, 1.165) is 25.2 Å². The molecule has 1 aromatic rings. The summed E-state index contributed by atoms with van der Waals surface area (Å²) in [4.78, 5) is 0. The monoisotopic (exact) mass is 309 g/mol. The van der Waals surface area contributed by atoms with Gasteiger partial charge in [0.15, 0.2) is 0 Å². The maximum atomic E-state index is 6.01. The molecule has 0 saturated carbocycles. The van der Waals surface area contributed by atoms with Crippen molar-refractivity contribution < 1.29 is 4.74 Å². The van der Waals surface area contributed by atoms with Crippen molar-refractivity contribution in [3.05, 3.63) is 29.3 Å². The van der Waals surface area contributed by atoms with Gasteiger partial charge in [-0.15, -0.1) is 0 Å². The summed E-state index contributed by atoms with van der Waals surface area (Å²) < 4.78 is 6.01. The first-order chi connectivity index (χ1) is 9.81. The van der Waals surface area contributed by atoms with Crippen LogP contribution in [0.15, 0.2) is 18.2 Å². The van der Waals surface area contributed by atoms with E-state index < -0.39 is 0 Å². The van der Waals surface area contributed by atoms with E-state index in [4.69, 9.17) is 4.74 Å². The lowest BCUT2D eigenvalue weighted by molar-refractivity contribution is 0.281. The van der Waals surface area contributed by atoms with Crippen LogP contribution >= 0.6 is 23.5 Å². The summed E-state index contributed by atoms with van der Waals surface area (Å²) in [6.07, 6.45) is 2.30. The van der Waals surface area contributed by atoms with Gasteiger partial charge in [0.2, 0.25) is 0 Å². The molecule has 4 heteroatoms. The zero-order valence-corrected chi connectivity index (χ0v) is 13.9. The van der Waals surface area contributed by atoms with Crippen molar-refractivity contribution >= 4 is 23.5 Å². The molecule has 1 N–H and O–H groups in total. The van der Waals surface area contributed by atoms with E-state index in [1.807, 2.05) is 0 Å². The van der Waals surface area contributed by atoms with Crippen molar-refractivity contribution in [1.82, 2.24) is 5.32 Å². The Morgan fingerprint density at radius 2 is 2.15 bits per heavy atom. The number of aryl methyl sites for hydroxylation is 1. The molecule has 110 valence electrons. The lowest BCUT2D eigenvalue weighted by atomic mass is 9.95. The van der Waals surface area contributed by atoms with Crippen molar-refractivity contribution in [3.63, 3.8) is 0 Å². The van der Waals surface area contributed by atoms with Crippen LogP contribution in [0.25, 0.3) is 0 Å². The lowest BCUT2D eigenvalue weighted by Crippen LogP contribution is -2.36. The first-order valence-corrected chi connectivity index (χ1v) is 9.56. The Bertz CT molecular complexity index is 466. The maximum absolute atomic E-state index is 6.01. The summed E-state index contributed by atoms with van der Waals surface area (Å²) in [5.74, 6) is 3.69. The van der Waals surface area contributed by atoms with Gasteiger partial charge in [-0.3, -0.25) is 0 Å². The van der Waals surface area contributed by atoms with Gasteiger partial charge in [-0.2, -0.15) is 23.5 Å². The van der Waals surface area contributed by atoms with Crippen molar-refractivity contribution in [2.45, 2.75) is 36.3 Å². The number of para-hydroxylation sites is 1. The zero-order chi connectivity index (χ0) is 13.9. The molecule has 3 atom stereocenters. The van der Waals surface area contributed by atoms with Crippen molar-refractivity contribution in [2.75, 3.05) is 25.2 Å². The van der Waals surface area contributed by atoms with E-state index in [0.29, 0.717) is 16.5 Å². The molecule has 2 aliphatic rings. The molecule has 0 spiro atoms. The fraction of sp³-hybridized carbons (Fsp3) is 0.625. The van der Waals surface area contributed by atoms with Crippen molar-refractivity contribution in [1.29, 1.82) is 0 Å². The number of nitrogens with one attached hydrogen (secondary N) is 1. The molecule has 0 bridgehead atoms. The number of benzene rings is 1. The molecule has 1 aromatic carbocycles. The highest BCUT2D eigenvalue weighted by Crippen LogP contribution is 2.42. The van der Waals surface area contributed by atoms with Crippen LogP contribution in [0.3, 0.4) is 0 Å². The Hall–Kier alpha value is -0.320. The summed E-state index contributed by atoms with van der Waals surface area (Å²) in [5.41, 5.74) is 2.74. The number of thioether (sulfide) groups is 2. The second kappa shape index (κ2) is 6.63. The second-order valence-electron chi connectivity index (χ2n) is 5.47. The van der Waals surface area contributed by atoms with Crippen LogP contribution in [-0.2, 0) is 6.42 Å². The first kappa shape index (κ1) is 14.6. The first-order valence-electron chi connectivity index (χ1n) is 7.46. The SMILES string of the molecule is CNC(c1cccc2c1OCCC2)C1SCCSC1C. The van der Waals surface area contributed by atoms with E-state index in [9.17, 15) is 0 Å². The number of ether oxygens (including phenoxy) is 1. The smallest absolute Gasteiger partial charge is 0.127 e. The summed E-state index contributed by atoms with van der Waals surface area (Å²) in [5, 5.41) is 4.86. The molecule has 0 aromatic heterocycles. The number of rotatable bonds is 3. The summed E-state index contributed by atoms with van der Waals surface area (Å²) in [6.45, 7) is 3.23. The van der Waals surface area contributed by atoms with Gasteiger partial charge in [0, 0.05) is 33.6 Å². The third-order valence-corrected chi connectivity index (χ3v) is 7.37. The molecule has 2 heterocycles. The van der Waals surface area contributed by atoms with Gasteiger partial charge in [-0.05, 0) is 25.5 Å². The summed E-state index contributed by atoms with van der Waals surface area (Å²) >= 11 is 4.21. The molecular weight excluding hydrogens is 286 g/mol. The van der Waals surface area contributed by atoms with E-state index in [-0.39, 0.29) is 0 Å². The fourth-order valence-corrected chi connectivity index (χ4v) is 6.15. The predicted molar refractivity (Wildman–Crippen MR) is 90.2 cm³/mol. The van der Waals surface area contributed by atoms with Crippen LogP contribution in [0.2, 0.25) is 0 Å². The van der Waals surface area contributed by atoms with Crippen LogP contribution < -0.4 is 10.1 Å². The van der Waals surface area contributed by atoms with Crippen molar-refractivity contribution in [3.8, 4) is 5.75 Å². The second-order valence-corrected chi connectivity index (χ2v) is 8.24. The van der Waals surface area contributed by atoms with Gasteiger partial charge in [0.05, 0.1) is 6.61 Å². The molecule has 3 unspecified atom stereocenters. The molecule has 1 saturated heterocycles. The van der Waals surface area contributed by atoms with Crippen LogP contribution in [0.5, 0.6) is 5.75 Å². The van der Waals surface area contributed by atoms with Gasteiger partial charge in [-0.25, -0.2) is 0 Å². The Labute approximate surface area is 130 Å². The molecule has 2 nitrogen and oxygen atoms in total. The Morgan fingerprint density at radius 3 is 2.95 bits per heavy atom. The molecular formula is C16H23NOS2. The largest absolute Gasteiger partial charge is 0.493 e. The Kier molecular flexibility index (Phi) is 4.84. The van der Waals surface area contributed by atoms with E-state index >= 15 is 0 Å². The predicted octanol–water partition coefficient (Wildman–Crippen LogP) is 3.51. The van der Waals surface area contributed by atoms with Crippen LogP contribution in [0, 0.1) is 0 Å². The lowest BCUT2D eigenvalue weighted by Gasteiger charge is -2.36. The Balaban J connectivity index is 1.92. The molecule has 0 aliphatic carbocycles. The molecule has 20 heavy (non-hydrogen) atoms. The molecule has 0 amide bonds. The standard InChI is InChI=1S/C16H23NOS2/c1-11-16(20-10-9-19-11)14(17-2)13-7-3-5-12-6-4-8-18-15(12)13/h3,5,7,11,14,16-17H,4,6,8-10H2,1-2H3. The van der Waals surface area contributed by atoms with E-state index in [1.165, 1.54) is 22.6 Å². The molecule has 1 fully saturated rings. The quantitative estimate of drug-likeness (QED) is 0.922. The van der Waals surface area contributed by atoms with Crippen molar-refractivity contribution in [2.24, 2.45) is 0 Å². The number of fused-ring (bicyclic) bond motifs is 1. The van der Waals surface area contributed by atoms with Gasteiger partial charge in [0.1, 0.15) is 5.75 Å². The molecule has 2 aliphatic heterocycles. The van der Waals surface area contributed by atoms with Gasteiger partial charge >= 0.3 is 0 Å². The zero-order valence-electron chi connectivity index (χ0n) is 12.2. The minimum absolute atomic E-state index is 0.385. The number of hydrogen-bond donors (Lipinski definition) is 1. The van der Waals surface area contributed by atoms with Crippen LogP contribution in [0.1, 0.15) is 30.5 Å². The highest BCUT2D eigenvalue weighted by Gasteiger charge is 2.33.